The Morgan fingerprint density at radius 3 is 2.50 bits per heavy atom. The normalized spacial score (nSPS) is 11.7. The Morgan fingerprint density at radius 2 is 1.94 bits per heavy atom. The fourth-order valence-corrected chi connectivity index (χ4v) is 1.27. The second-order valence-corrected chi connectivity index (χ2v) is 3.96. The number of anilines is 1. The van der Waals surface area contributed by atoms with Gasteiger partial charge in [-0.1, -0.05) is 0 Å². The van der Waals surface area contributed by atoms with E-state index in [0.29, 0.717) is 11.3 Å². The van der Waals surface area contributed by atoms with Crippen LogP contribution in [0.5, 0.6) is 0 Å². The van der Waals surface area contributed by atoms with Crippen molar-refractivity contribution in [3.8, 4) is 0 Å². The summed E-state index contributed by atoms with van der Waals surface area (Å²) >= 11 is 0. The molecular formula is C12H17N3O3. The minimum Gasteiger partial charge on any atom is -0.399 e. The Labute approximate surface area is 105 Å². The third-order valence-corrected chi connectivity index (χ3v) is 2.26. The van der Waals surface area contributed by atoms with Crippen molar-refractivity contribution in [2.45, 2.75) is 13.0 Å². The van der Waals surface area contributed by atoms with E-state index in [2.05, 4.69) is 10.6 Å². The third kappa shape index (κ3) is 4.42. The number of hydrogen-bond donors (Lipinski definition) is 4. The van der Waals surface area contributed by atoms with Crippen LogP contribution in [0.1, 0.15) is 17.3 Å². The summed E-state index contributed by atoms with van der Waals surface area (Å²) in [6.07, 6.45) is 0. The largest absolute Gasteiger partial charge is 0.399 e. The smallest absolute Gasteiger partial charge is 0.251 e. The molecule has 0 fully saturated rings. The van der Waals surface area contributed by atoms with E-state index in [1.54, 1.807) is 31.2 Å². The lowest BCUT2D eigenvalue weighted by atomic mass is 10.2. The zero-order valence-corrected chi connectivity index (χ0v) is 10.1. The molecule has 98 valence electrons. The molecule has 0 saturated carbocycles. The van der Waals surface area contributed by atoms with Crippen LogP contribution in [-0.4, -0.2) is 36.1 Å². The van der Waals surface area contributed by atoms with Gasteiger partial charge < -0.3 is 21.5 Å². The van der Waals surface area contributed by atoms with Crippen molar-refractivity contribution in [2.24, 2.45) is 0 Å². The first-order valence-corrected chi connectivity index (χ1v) is 5.57. The van der Waals surface area contributed by atoms with Crippen LogP contribution in [0, 0.1) is 0 Å². The minimum atomic E-state index is -0.347. The van der Waals surface area contributed by atoms with Crippen LogP contribution in [0.3, 0.4) is 0 Å². The molecular weight excluding hydrogens is 234 g/mol. The minimum absolute atomic E-state index is 0.131. The highest BCUT2D eigenvalue weighted by atomic mass is 16.3. The molecule has 2 amide bonds. The first-order valence-electron chi connectivity index (χ1n) is 5.57. The van der Waals surface area contributed by atoms with Gasteiger partial charge in [-0.15, -0.1) is 0 Å². The van der Waals surface area contributed by atoms with Crippen molar-refractivity contribution in [3.05, 3.63) is 29.8 Å². The van der Waals surface area contributed by atoms with Gasteiger partial charge in [0.2, 0.25) is 5.91 Å². The molecule has 0 unspecified atom stereocenters. The van der Waals surface area contributed by atoms with Gasteiger partial charge in [-0.25, -0.2) is 0 Å². The highest BCUT2D eigenvalue weighted by molar-refractivity contribution is 5.96. The van der Waals surface area contributed by atoms with Gasteiger partial charge in [0.15, 0.2) is 0 Å². The maximum absolute atomic E-state index is 11.6. The molecule has 0 aliphatic carbocycles. The van der Waals surface area contributed by atoms with Gasteiger partial charge in [0, 0.05) is 17.3 Å². The van der Waals surface area contributed by atoms with Crippen molar-refractivity contribution in [1.82, 2.24) is 10.6 Å². The number of nitrogens with two attached hydrogens (primary N) is 1. The number of carbonyl (C=O) groups is 2. The predicted octanol–water partition coefficient (Wildman–Crippen LogP) is -0.504. The molecule has 1 aromatic rings. The molecule has 18 heavy (non-hydrogen) atoms. The molecule has 0 aliphatic rings. The topological polar surface area (TPSA) is 104 Å². The summed E-state index contributed by atoms with van der Waals surface area (Å²) in [5, 5.41) is 13.7. The Kier molecular flexibility index (Phi) is 5.13. The van der Waals surface area contributed by atoms with E-state index in [1.165, 1.54) is 0 Å². The van der Waals surface area contributed by atoms with Crippen LogP contribution in [0.4, 0.5) is 5.69 Å². The molecule has 1 aromatic carbocycles. The summed E-state index contributed by atoms with van der Waals surface area (Å²) in [5.74, 6) is -0.692. The molecule has 6 heteroatoms. The van der Waals surface area contributed by atoms with Gasteiger partial charge in [-0.3, -0.25) is 9.59 Å². The zero-order chi connectivity index (χ0) is 13.5. The molecule has 5 N–H and O–H groups in total. The summed E-state index contributed by atoms with van der Waals surface area (Å²) < 4.78 is 0. The number of hydrogen-bond acceptors (Lipinski definition) is 4. The van der Waals surface area contributed by atoms with Crippen molar-refractivity contribution in [3.63, 3.8) is 0 Å². The highest BCUT2D eigenvalue weighted by Gasteiger charge is 2.09. The fourth-order valence-electron chi connectivity index (χ4n) is 1.27. The van der Waals surface area contributed by atoms with Gasteiger partial charge in [0.05, 0.1) is 13.2 Å². The second-order valence-electron chi connectivity index (χ2n) is 3.96. The van der Waals surface area contributed by atoms with Crippen molar-refractivity contribution < 1.29 is 14.7 Å². The monoisotopic (exact) mass is 251 g/mol. The van der Waals surface area contributed by atoms with Crippen LogP contribution < -0.4 is 16.4 Å². The highest BCUT2D eigenvalue weighted by Crippen LogP contribution is 2.04. The third-order valence-electron chi connectivity index (χ3n) is 2.26. The second kappa shape index (κ2) is 6.61. The van der Waals surface area contributed by atoms with Crippen molar-refractivity contribution in [1.29, 1.82) is 0 Å². The van der Waals surface area contributed by atoms with Crippen LogP contribution >= 0.6 is 0 Å². The van der Waals surface area contributed by atoms with Crippen molar-refractivity contribution in [2.75, 3.05) is 18.9 Å². The standard InChI is InChI=1S/C12H17N3O3/c1-8(7-16)15-11(17)6-14-12(18)9-2-4-10(13)5-3-9/h2-5,8,16H,6-7,13H2,1H3,(H,14,18)(H,15,17)/t8-/m1/s1. The summed E-state index contributed by atoms with van der Waals surface area (Å²) in [7, 11) is 0. The Bertz CT molecular complexity index is 417. The molecule has 6 nitrogen and oxygen atoms in total. The lowest BCUT2D eigenvalue weighted by Crippen LogP contribution is -2.42. The number of aliphatic hydroxyl groups excluding tert-OH is 1. The maximum Gasteiger partial charge on any atom is 0.251 e. The first-order chi connectivity index (χ1) is 8.52. The number of benzene rings is 1. The van der Waals surface area contributed by atoms with Gasteiger partial charge in [-0.05, 0) is 31.2 Å². The van der Waals surface area contributed by atoms with Crippen LogP contribution in [-0.2, 0) is 4.79 Å². The number of amides is 2. The van der Waals surface area contributed by atoms with Gasteiger partial charge in [-0.2, -0.15) is 0 Å². The van der Waals surface area contributed by atoms with E-state index in [1.807, 2.05) is 0 Å². The summed E-state index contributed by atoms with van der Waals surface area (Å²) in [6, 6.07) is 6.06. The van der Waals surface area contributed by atoms with Crippen molar-refractivity contribution >= 4 is 17.5 Å². The van der Waals surface area contributed by atoms with E-state index in [-0.39, 0.29) is 31.0 Å². The molecule has 0 aromatic heterocycles. The molecule has 0 heterocycles. The van der Waals surface area contributed by atoms with E-state index in [4.69, 9.17) is 10.8 Å². The zero-order valence-electron chi connectivity index (χ0n) is 10.1. The molecule has 0 radical (unpaired) electrons. The molecule has 1 rings (SSSR count). The molecule has 0 saturated heterocycles. The summed E-state index contributed by atoms with van der Waals surface area (Å²) in [6.45, 7) is 1.39. The van der Waals surface area contributed by atoms with Gasteiger partial charge in [0.1, 0.15) is 0 Å². The van der Waals surface area contributed by atoms with Crippen LogP contribution in [0.25, 0.3) is 0 Å². The van der Waals surface area contributed by atoms with E-state index in [9.17, 15) is 9.59 Å². The average Bonchev–Trinajstić information content (AvgIpc) is 2.36. The van der Waals surface area contributed by atoms with Gasteiger partial charge in [0.25, 0.3) is 5.91 Å². The van der Waals surface area contributed by atoms with E-state index < -0.39 is 0 Å². The average molecular weight is 251 g/mol. The molecule has 0 bridgehead atoms. The number of aliphatic hydroxyl groups is 1. The Morgan fingerprint density at radius 1 is 1.33 bits per heavy atom. The Hall–Kier alpha value is -2.08. The lowest BCUT2D eigenvalue weighted by molar-refractivity contribution is -0.121. The molecule has 0 spiro atoms. The number of nitrogens with one attached hydrogen (secondary N) is 2. The van der Waals surface area contributed by atoms with Gasteiger partial charge >= 0.3 is 0 Å². The number of rotatable bonds is 5. The fraction of sp³-hybridized carbons (Fsp3) is 0.333. The predicted molar refractivity (Wildman–Crippen MR) is 67.9 cm³/mol. The molecule has 0 aliphatic heterocycles. The van der Waals surface area contributed by atoms with E-state index in [0.717, 1.165) is 0 Å². The SMILES string of the molecule is C[C@H](CO)NC(=O)CNC(=O)c1ccc(N)cc1. The summed E-state index contributed by atoms with van der Waals surface area (Å²) in [5.41, 5.74) is 6.51. The molecule has 1 atom stereocenters. The van der Waals surface area contributed by atoms with E-state index >= 15 is 0 Å². The lowest BCUT2D eigenvalue weighted by Gasteiger charge is -2.11. The quantitative estimate of drug-likeness (QED) is 0.529. The summed E-state index contributed by atoms with van der Waals surface area (Å²) in [4.78, 5) is 23.0. The number of carbonyl (C=O) groups excluding carboxylic acids is 2. The maximum atomic E-state index is 11.6. The Balaban J connectivity index is 2.41. The number of nitrogen functional groups attached to an aromatic ring is 1. The van der Waals surface area contributed by atoms with Crippen LogP contribution in [0.15, 0.2) is 24.3 Å². The van der Waals surface area contributed by atoms with Crippen LogP contribution in [0.2, 0.25) is 0 Å². The first kappa shape index (κ1) is 14.0.